The van der Waals surface area contributed by atoms with Gasteiger partial charge in [-0.05, 0) is 38.0 Å². The minimum atomic E-state index is -0.850. The van der Waals surface area contributed by atoms with Gasteiger partial charge in [0.15, 0.2) is 6.61 Å². The van der Waals surface area contributed by atoms with E-state index in [1.807, 2.05) is 19.9 Å². The van der Waals surface area contributed by atoms with Crippen LogP contribution in [0.4, 0.5) is 0 Å². The number of primary amides is 1. The molecule has 6 nitrogen and oxygen atoms in total. The average Bonchev–Trinajstić information content (AvgIpc) is 2.70. The van der Waals surface area contributed by atoms with Crippen LogP contribution in [0.15, 0.2) is 11.6 Å². The van der Waals surface area contributed by atoms with Crippen molar-refractivity contribution in [2.45, 2.75) is 33.7 Å². The number of nitrogens with two attached hydrogens (primary N) is 1. The Bertz CT molecular complexity index is 621. The summed E-state index contributed by atoms with van der Waals surface area (Å²) >= 11 is 0. The van der Waals surface area contributed by atoms with Crippen molar-refractivity contribution in [2.75, 3.05) is 6.61 Å². The lowest BCUT2D eigenvalue weighted by atomic mass is 10.1. The third-order valence-corrected chi connectivity index (χ3v) is 3.05. The second-order valence-corrected chi connectivity index (χ2v) is 4.69. The molecule has 0 unspecified atom stereocenters. The lowest BCUT2D eigenvalue weighted by molar-refractivity contribution is -0.143. The van der Waals surface area contributed by atoms with Gasteiger partial charge in [0.1, 0.15) is 11.6 Å². The first-order chi connectivity index (χ1) is 9.90. The molecule has 0 saturated heterocycles. The van der Waals surface area contributed by atoms with Crippen LogP contribution in [0, 0.1) is 25.2 Å². The molecule has 0 atom stereocenters. The van der Waals surface area contributed by atoms with Crippen LogP contribution in [-0.4, -0.2) is 23.1 Å². The molecule has 0 saturated carbocycles. The lowest BCUT2D eigenvalue weighted by Gasteiger charge is -2.07. The maximum Gasteiger partial charge on any atom is 0.349 e. The lowest BCUT2D eigenvalue weighted by Crippen LogP contribution is -2.21. The molecule has 0 fully saturated rings. The van der Waals surface area contributed by atoms with Gasteiger partial charge in [-0.15, -0.1) is 0 Å². The van der Waals surface area contributed by atoms with E-state index in [2.05, 4.69) is 16.2 Å². The number of amides is 1. The smallest absolute Gasteiger partial charge is 0.349 e. The standard InChI is InChI=1S/C15H19N3O3/c1-4-5-18-10(2)6-12(11(18)3)7-13(8-16)15(20)21-9-14(17)19/h6-7H,4-5,9H2,1-3H3,(H2,17,19)/b13-7-. The molecular formula is C15H19N3O3. The van der Waals surface area contributed by atoms with Crippen molar-refractivity contribution in [3.63, 3.8) is 0 Å². The van der Waals surface area contributed by atoms with Gasteiger partial charge in [-0.2, -0.15) is 5.26 Å². The second-order valence-electron chi connectivity index (χ2n) is 4.69. The Balaban J connectivity index is 3.04. The molecule has 0 radical (unpaired) electrons. The van der Waals surface area contributed by atoms with Crippen LogP contribution < -0.4 is 5.73 Å². The topological polar surface area (TPSA) is 98.1 Å². The number of ether oxygens (including phenoxy) is 1. The molecule has 112 valence electrons. The summed E-state index contributed by atoms with van der Waals surface area (Å²) in [6.45, 7) is 6.32. The average molecular weight is 289 g/mol. The normalized spacial score (nSPS) is 11.0. The quantitative estimate of drug-likeness (QED) is 0.487. The predicted octanol–water partition coefficient (Wildman–Crippen LogP) is 1.45. The van der Waals surface area contributed by atoms with Crippen LogP contribution in [0.2, 0.25) is 0 Å². The number of esters is 1. The fourth-order valence-corrected chi connectivity index (χ4v) is 2.05. The molecular weight excluding hydrogens is 270 g/mol. The number of carbonyl (C=O) groups excluding carboxylic acids is 2. The number of aromatic nitrogens is 1. The van der Waals surface area contributed by atoms with Gasteiger partial charge in [0, 0.05) is 17.9 Å². The van der Waals surface area contributed by atoms with Crippen molar-refractivity contribution >= 4 is 18.0 Å². The second kappa shape index (κ2) is 7.29. The molecule has 0 bridgehead atoms. The molecule has 2 N–H and O–H groups in total. The van der Waals surface area contributed by atoms with Crippen LogP contribution in [0.1, 0.15) is 30.3 Å². The summed E-state index contributed by atoms with van der Waals surface area (Å²) in [5, 5.41) is 9.05. The fraction of sp³-hybridized carbons (Fsp3) is 0.400. The van der Waals surface area contributed by atoms with Crippen molar-refractivity contribution in [3.8, 4) is 6.07 Å². The number of carbonyl (C=O) groups is 2. The summed E-state index contributed by atoms with van der Waals surface area (Å²) in [6, 6.07) is 3.69. The van der Waals surface area contributed by atoms with E-state index in [1.54, 1.807) is 6.07 Å². The maximum atomic E-state index is 11.7. The number of hydrogen-bond acceptors (Lipinski definition) is 4. The van der Waals surface area contributed by atoms with Crippen LogP contribution in [0.25, 0.3) is 6.08 Å². The zero-order chi connectivity index (χ0) is 16.0. The summed E-state index contributed by atoms with van der Waals surface area (Å²) in [7, 11) is 0. The summed E-state index contributed by atoms with van der Waals surface area (Å²) in [5.74, 6) is -1.61. The first-order valence-electron chi connectivity index (χ1n) is 6.64. The summed E-state index contributed by atoms with van der Waals surface area (Å²) in [6.07, 6.45) is 2.46. The van der Waals surface area contributed by atoms with E-state index in [-0.39, 0.29) is 5.57 Å². The van der Waals surface area contributed by atoms with Crippen molar-refractivity contribution in [1.82, 2.24) is 4.57 Å². The van der Waals surface area contributed by atoms with E-state index in [1.165, 1.54) is 6.08 Å². The molecule has 1 aromatic heterocycles. The Morgan fingerprint density at radius 2 is 2.14 bits per heavy atom. The molecule has 6 heteroatoms. The minimum Gasteiger partial charge on any atom is -0.451 e. The van der Waals surface area contributed by atoms with Crippen LogP contribution in [0.3, 0.4) is 0 Å². The maximum absolute atomic E-state index is 11.7. The van der Waals surface area contributed by atoms with Crippen molar-refractivity contribution in [1.29, 1.82) is 5.26 Å². The Kier molecular flexibility index (Phi) is 5.73. The molecule has 1 heterocycles. The van der Waals surface area contributed by atoms with Gasteiger partial charge < -0.3 is 15.0 Å². The van der Waals surface area contributed by atoms with Gasteiger partial charge in [-0.25, -0.2) is 4.79 Å². The summed E-state index contributed by atoms with van der Waals surface area (Å²) in [4.78, 5) is 22.3. The van der Waals surface area contributed by atoms with E-state index in [0.717, 1.165) is 29.9 Å². The van der Waals surface area contributed by atoms with Gasteiger partial charge in [-0.3, -0.25) is 4.79 Å². The van der Waals surface area contributed by atoms with E-state index in [9.17, 15) is 9.59 Å². The number of aryl methyl sites for hydroxylation is 1. The van der Waals surface area contributed by atoms with E-state index >= 15 is 0 Å². The van der Waals surface area contributed by atoms with E-state index in [4.69, 9.17) is 11.0 Å². The highest BCUT2D eigenvalue weighted by atomic mass is 16.5. The zero-order valence-corrected chi connectivity index (χ0v) is 12.5. The molecule has 1 rings (SSSR count). The predicted molar refractivity (Wildman–Crippen MR) is 77.9 cm³/mol. The van der Waals surface area contributed by atoms with Crippen molar-refractivity contribution in [2.24, 2.45) is 5.73 Å². The molecule has 21 heavy (non-hydrogen) atoms. The van der Waals surface area contributed by atoms with Crippen molar-refractivity contribution in [3.05, 3.63) is 28.6 Å². The molecule has 0 aliphatic carbocycles. The Morgan fingerprint density at radius 1 is 1.48 bits per heavy atom. The molecule has 1 aromatic rings. The fourth-order valence-electron chi connectivity index (χ4n) is 2.05. The van der Waals surface area contributed by atoms with E-state index in [0.29, 0.717) is 0 Å². The van der Waals surface area contributed by atoms with Gasteiger partial charge in [0.2, 0.25) is 0 Å². The third-order valence-electron chi connectivity index (χ3n) is 3.05. The highest BCUT2D eigenvalue weighted by Crippen LogP contribution is 2.19. The number of nitrogens with zero attached hydrogens (tertiary/aromatic N) is 2. The first kappa shape index (κ1) is 16.5. The Hall–Kier alpha value is -2.55. The zero-order valence-electron chi connectivity index (χ0n) is 12.5. The summed E-state index contributed by atoms with van der Waals surface area (Å²) in [5.41, 5.74) is 7.56. The monoisotopic (exact) mass is 289 g/mol. The van der Waals surface area contributed by atoms with Gasteiger partial charge in [0.05, 0.1) is 0 Å². The van der Waals surface area contributed by atoms with Gasteiger partial charge in [-0.1, -0.05) is 6.92 Å². The highest BCUT2D eigenvalue weighted by Gasteiger charge is 2.14. The van der Waals surface area contributed by atoms with Crippen molar-refractivity contribution < 1.29 is 14.3 Å². The molecule has 0 aliphatic rings. The largest absolute Gasteiger partial charge is 0.451 e. The van der Waals surface area contributed by atoms with Crippen LogP contribution in [-0.2, 0) is 20.9 Å². The first-order valence-corrected chi connectivity index (χ1v) is 6.64. The molecule has 1 amide bonds. The summed E-state index contributed by atoms with van der Waals surface area (Å²) < 4.78 is 6.76. The minimum absolute atomic E-state index is 0.159. The van der Waals surface area contributed by atoms with Gasteiger partial charge >= 0.3 is 5.97 Å². The van der Waals surface area contributed by atoms with Crippen LogP contribution >= 0.6 is 0 Å². The number of hydrogen-bond donors (Lipinski definition) is 1. The molecule has 0 aliphatic heterocycles. The van der Waals surface area contributed by atoms with E-state index < -0.39 is 18.5 Å². The third kappa shape index (κ3) is 4.21. The highest BCUT2D eigenvalue weighted by molar-refractivity contribution is 5.98. The Labute approximate surface area is 123 Å². The number of rotatable bonds is 6. The molecule has 0 aromatic carbocycles. The van der Waals surface area contributed by atoms with Gasteiger partial charge in [0.25, 0.3) is 5.91 Å². The SMILES string of the molecule is CCCn1c(C)cc(/C=C(/C#N)C(=O)OCC(N)=O)c1C. The number of nitriles is 1. The molecule has 0 spiro atoms. The van der Waals surface area contributed by atoms with Crippen LogP contribution in [0.5, 0.6) is 0 Å². The Morgan fingerprint density at radius 3 is 2.67 bits per heavy atom.